The van der Waals surface area contributed by atoms with Gasteiger partial charge in [0, 0.05) is 11.3 Å². The van der Waals surface area contributed by atoms with Crippen LogP contribution in [0.25, 0.3) is 10.8 Å². The Labute approximate surface area is 169 Å². The molecule has 0 bridgehead atoms. The van der Waals surface area contributed by atoms with E-state index in [-0.39, 0.29) is 5.91 Å². The summed E-state index contributed by atoms with van der Waals surface area (Å²) in [6.07, 6.45) is -0.781. The molecule has 0 fully saturated rings. The Morgan fingerprint density at radius 1 is 0.759 bits per heavy atom. The second-order valence-corrected chi connectivity index (χ2v) is 6.64. The first-order valence-corrected chi connectivity index (χ1v) is 9.38. The normalized spacial score (nSPS) is 11.6. The van der Waals surface area contributed by atoms with E-state index in [1.807, 2.05) is 72.8 Å². The van der Waals surface area contributed by atoms with E-state index in [1.165, 1.54) is 0 Å². The van der Waals surface area contributed by atoms with Crippen LogP contribution in [0.2, 0.25) is 0 Å². The summed E-state index contributed by atoms with van der Waals surface area (Å²) < 4.78 is 11.2. The fourth-order valence-corrected chi connectivity index (χ4v) is 3.17. The molecule has 4 aromatic carbocycles. The molecule has 4 heteroatoms. The molecule has 0 saturated carbocycles. The number of fused-ring (bicyclic) bond motifs is 1. The van der Waals surface area contributed by atoms with E-state index in [0.29, 0.717) is 5.75 Å². The van der Waals surface area contributed by atoms with Crippen molar-refractivity contribution in [2.75, 3.05) is 12.4 Å². The van der Waals surface area contributed by atoms with Crippen molar-refractivity contribution in [3.63, 3.8) is 0 Å². The smallest absolute Gasteiger partial charge is 0.270 e. The Hall–Kier alpha value is -3.79. The highest BCUT2D eigenvalue weighted by atomic mass is 16.5. The van der Waals surface area contributed by atoms with Crippen LogP contribution in [-0.2, 0) is 4.79 Å². The third kappa shape index (κ3) is 4.38. The molecular formula is C25H21NO3. The van der Waals surface area contributed by atoms with Crippen LogP contribution in [0, 0.1) is 0 Å². The molecule has 0 radical (unpaired) electrons. The maximum Gasteiger partial charge on any atom is 0.270 e. The van der Waals surface area contributed by atoms with Gasteiger partial charge >= 0.3 is 0 Å². The number of amides is 1. The van der Waals surface area contributed by atoms with Crippen LogP contribution in [0.5, 0.6) is 11.5 Å². The van der Waals surface area contributed by atoms with Gasteiger partial charge in [-0.25, -0.2) is 0 Å². The predicted molar refractivity (Wildman–Crippen MR) is 115 cm³/mol. The third-order valence-electron chi connectivity index (χ3n) is 4.67. The molecule has 29 heavy (non-hydrogen) atoms. The number of carbonyl (C=O) groups is 1. The molecular weight excluding hydrogens is 362 g/mol. The molecule has 4 rings (SSSR count). The highest BCUT2D eigenvalue weighted by Gasteiger charge is 2.23. The summed E-state index contributed by atoms with van der Waals surface area (Å²) in [6, 6.07) is 30.5. The standard InChI is InChI=1S/C25H21NO3/c1-28-22-13-15-23(16-14-22)29-24(19-8-3-2-4-9-19)25(27)26-21-12-11-18-7-5-6-10-20(18)17-21/h2-17,24H,1H3,(H,26,27)/t24-/m1/s1. The summed E-state index contributed by atoms with van der Waals surface area (Å²) in [5.41, 5.74) is 1.51. The molecule has 0 aliphatic carbocycles. The van der Waals surface area contributed by atoms with Crippen LogP contribution in [-0.4, -0.2) is 13.0 Å². The number of benzene rings is 4. The van der Waals surface area contributed by atoms with Gasteiger partial charge in [0.05, 0.1) is 7.11 Å². The van der Waals surface area contributed by atoms with Gasteiger partial charge in [0.25, 0.3) is 5.91 Å². The van der Waals surface area contributed by atoms with Crippen LogP contribution in [0.4, 0.5) is 5.69 Å². The van der Waals surface area contributed by atoms with E-state index in [4.69, 9.17) is 9.47 Å². The first-order chi connectivity index (χ1) is 14.2. The summed E-state index contributed by atoms with van der Waals surface area (Å²) in [4.78, 5) is 13.1. The van der Waals surface area contributed by atoms with Crippen LogP contribution in [0.1, 0.15) is 11.7 Å². The van der Waals surface area contributed by atoms with Gasteiger partial charge in [-0.2, -0.15) is 0 Å². The van der Waals surface area contributed by atoms with Crippen molar-refractivity contribution < 1.29 is 14.3 Å². The lowest BCUT2D eigenvalue weighted by atomic mass is 10.1. The molecule has 0 unspecified atom stereocenters. The number of anilines is 1. The largest absolute Gasteiger partial charge is 0.497 e. The molecule has 4 nitrogen and oxygen atoms in total. The van der Waals surface area contributed by atoms with Gasteiger partial charge in [0.15, 0.2) is 0 Å². The molecule has 1 amide bonds. The van der Waals surface area contributed by atoms with Gasteiger partial charge in [-0.05, 0) is 47.2 Å². The molecule has 1 N–H and O–H groups in total. The molecule has 144 valence electrons. The molecule has 0 aliphatic heterocycles. The molecule has 0 spiro atoms. The molecule has 0 heterocycles. The third-order valence-corrected chi connectivity index (χ3v) is 4.67. The van der Waals surface area contributed by atoms with Gasteiger partial charge in [-0.1, -0.05) is 60.7 Å². The zero-order chi connectivity index (χ0) is 20.1. The van der Waals surface area contributed by atoms with Gasteiger partial charge < -0.3 is 14.8 Å². The van der Waals surface area contributed by atoms with Crippen molar-refractivity contribution in [2.24, 2.45) is 0 Å². The Morgan fingerprint density at radius 2 is 1.41 bits per heavy atom. The van der Waals surface area contributed by atoms with Crippen LogP contribution < -0.4 is 14.8 Å². The van der Waals surface area contributed by atoms with Crippen LogP contribution in [0.3, 0.4) is 0 Å². The van der Waals surface area contributed by atoms with E-state index in [0.717, 1.165) is 27.8 Å². The van der Waals surface area contributed by atoms with E-state index >= 15 is 0 Å². The lowest BCUT2D eigenvalue weighted by molar-refractivity contribution is -0.123. The summed E-state index contributed by atoms with van der Waals surface area (Å²) in [5, 5.41) is 5.18. The number of ether oxygens (including phenoxy) is 2. The summed E-state index contributed by atoms with van der Waals surface area (Å²) in [6.45, 7) is 0. The van der Waals surface area contributed by atoms with Crippen LogP contribution in [0.15, 0.2) is 97.1 Å². The van der Waals surface area contributed by atoms with Gasteiger partial charge in [-0.15, -0.1) is 0 Å². The maximum absolute atomic E-state index is 13.1. The minimum atomic E-state index is -0.781. The highest BCUT2D eigenvalue weighted by Crippen LogP contribution is 2.26. The van der Waals surface area contributed by atoms with Crippen molar-refractivity contribution in [1.29, 1.82) is 0 Å². The summed E-state index contributed by atoms with van der Waals surface area (Å²) in [7, 11) is 1.61. The van der Waals surface area contributed by atoms with E-state index < -0.39 is 6.10 Å². The fourth-order valence-electron chi connectivity index (χ4n) is 3.17. The summed E-state index contributed by atoms with van der Waals surface area (Å²) in [5.74, 6) is 1.09. The Balaban J connectivity index is 1.59. The van der Waals surface area contributed by atoms with Crippen LogP contribution >= 0.6 is 0 Å². The first kappa shape index (κ1) is 18.6. The Kier molecular flexibility index (Phi) is 5.43. The molecule has 0 saturated heterocycles. The number of nitrogens with one attached hydrogen (secondary N) is 1. The number of hydrogen-bond donors (Lipinski definition) is 1. The van der Waals surface area contributed by atoms with E-state index in [9.17, 15) is 4.79 Å². The van der Waals surface area contributed by atoms with Crippen molar-refractivity contribution in [3.8, 4) is 11.5 Å². The monoisotopic (exact) mass is 383 g/mol. The average Bonchev–Trinajstić information content (AvgIpc) is 2.78. The SMILES string of the molecule is COc1ccc(O[C@@H](C(=O)Nc2ccc3ccccc3c2)c2ccccc2)cc1. The molecule has 4 aromatic rings. The number of carbonyl (C=O) groups excluding carboxylic acids is 1. The van der Waals surface area contributed by atoms with Crippen molar-refractivity contribution in [2.45, 2.75) is 6.10 Å². The topological polar surface area (TPSA) is 47.6 Å². The Bertz CT molecular complexity index is 1110. The summed E-state index contributed by atoms with van der Waals surface area (Å²) >= 11 is 0. The van der Waals surface area contributed by atoms with E-state index in [1.54, 1.807) is 31.4 Å². The minimum Gasteiger partial charge on any atom is -0.497 e. The van der Waals surface area contributed by atoms with Crippen molar-refractivity contribution >= 4 is 22.4 Å². The minimum absolute atomic E-state index is 0.234. The molecule has 0 aromatic heterocycles. The van der Waals surface area contributed by atoms with Gasteiger partial charge in [-0.3, -0.25) is 4.79 Å². The number of hydrogen-bond acceptors (Lipinski definition) is 3. The quantitative estimate of drug-likeness (QED) is 0.471. The Morgan fingerprint density at radius 3 is 2.14 bits per heavy atom. The predicted octanol–water partition coefficient (Wildman–Crippen LogP) is 5.61. The zero-order valence-electron chi connectivity index (χ0n) is 16.0. The molecule has 1 atom stereocenters. The van der Waals surface area contributed by atoms with Crippen molar-refractivity contribution in [1.82, 2.24) is 0 Å². The van der Waals surface area contributed by atoms with Crippen molar-refractivity contribution in [3.05, 3.63) is 103 Å². The second kappa shape index (κ2) is 8.48. The number of rotatable bonds is 6. The van der Waals surface area contributed by atoms with Gasteiger partial charge in [0.2, 0.25) is 6.10 Å². The lowest BCUT2D eigenvalue weighted by Gasteiger charge is -2.19. The molecule has 0 aliphatic rings. The first-order valence-electron chi connectivity index (χ1n) is 9.38. The number of methoxy groups -OCH3 is 1. The second-order valence-electron chi connectivity index (χ2n) is 6.64. The zero-order valence-corrected chi connectivity index (χ0v) is 16.0. The van der Waals surface area contributed by atoms with E-state index in [2.05, 4.69) is 5.32 Å². The van der Waals surface area contributed by atoms with Gasteiger partial charge in [0.1, 0.15) is 11.5 Å². The average molecular weight is 383 g/mol. The lowest BCUT2D eigenvalue weighted by Crippen LogP contribution is -2.25. The maximum atomic E-state index is 13.1. The highest BCUT2D eigenvalue weighted by molar-refractivity contribution is 5.97. The fraction of sp³-hybridized carbons (Fsp3) is 0.0800.